The molecule has 0 spiro atoms. The third-order valence-corrected chi connectivity index (χ3v) is 1.80. The van der Waals surface area contributed by atoms with E-state index in [-0.39, 0.29) is 6.42 Å². The number of hydrogen-bond donors (Lipinski definition) is 1. The Kier molecular flexibility index (Phi) is 3.90. The number of aromatic nitrogens is 1. The van der Waals surface area contributed by atoms with Gasteiger partial charge in [0, 0.05) is 12.3 Å². The second kappa shape index (κ2) is 5.17. The van der Waals surface area contributed by atoms with E-state index in [1.165, 1.54) is 12.3 Å². The highest BCUT2D eigenvalue weighted by atomic mass is 16.6. The molecule has 0 aliphatic carbocycles. The van der Waals surface area contributed by atoms with Crippen molar-refractivity contribution in [3.8, 4) is 5.88 Å². The van der Waals surface area contributed by atoms with E-state index in [2.05, 4.69) is 9.72 Å². The molecule has 7 heteroatoms. The quantitative estimate of drug-likeness (QED) is 0.459. The number of aliphatic hydroxyl groups is 1. The summed E-state index contributed by atoms with van der Waals surface area (Å²) in [6, 6.07) is 2.51. The zero-order valence-electron chi connectivity index (χ0n) is 8.49. The highest BCUT2D eigenvalue weighted by Crippen LogP contribution is 2.23. The van der Waals surface area contributed by atoms with Gasteiger partial charge in [-0.3, -0.25) is 10.1 Å². The zero-order chi connectivity index (χ0) is 12.1. The van der Waals surface area contributed by atoms with E-state index in [9.17, 15) is 14.9 Å². The van der Waals surface area contributed by atoms with Crippen molar-refractivity contribution in [2.75, 3.05) is 0 Å². The molecule has 0 saturated carbocycles. The summed E-state index contributed by atoms with van der Waals surface area (Å²) >= 11 is 0. The Morgan fingerprint density at radius 2 is 2.44 bits per heavy atom. The first-order valence-corrected chi connectivity index (χ1v) is 4.55. The van der Waals surface area contributed by atoms with Crippen LogP contribution in [0.2, 0.25) is 0 Å². The standard InChI is InChI=1S/C9H10N2O5/c1-2-7(12)9(13)16-8-6(11(14)15)4-3-5-10-8/h3-5,7,12H,2H2,1H3. The number of nitrogens with zero attached hydrogens (tertiary/aromatic N) is 2. The Hall–Kier alpha value is -2.02. The summed E-state index contributed by atoms with van der Waals surface area (Å²) in [5.41, 5.74) is -0.417. The fourth-order valence-corrected chi connectivity index (χ4v) is 0.930. The molecule has 1 atom stereocenters. The van der Waals surface area contributed by atoms with Crippen LogP contribution in [0.4, 0.5) is 5.69 Å². The third-order valence-electron chi connectivity index (χ3n) is 1.80. The van der Waals surface area contributed by atoms with Crippen LogP contribution >= 0.6 is 0 Å². The van der Waals surface area contributed by atoms with Gasteiger partial charge in [0.1, 0.15) is 0 Å². The molecule has 1 aromatic heterocycles. The Bertz CT molecular complexity index is 407. The first kappa shape index (κ1) is 12.1. The topological polar surface area (TPSA) is 103 Å². The summed E-state index contributed by atoms with van der Waals surface area (Å²) < 4.78 is 4.62. The first-order valence-electron chi connectivity index (χ1n) is 4.55. The van der Waals surface area contributed by atoms with Gasteiger partial charge in [0.15, 0.2) is 6.10 Å². The lowest BCUT2D eigenvalue weighted by Gasteiger charge is -2.06. The number of carbonyl (C=O) groups is 1. The molecule has 1 aromatic rings. The molecule has 1 unspecified atom stereocenters. The molecule has 0 aromatic carbocycles. The van der Waals surface area contributed by atoms with Gasteiger partial charge in [0.2, 0.25) is 0 Å². The van der Waals surface area contributed by atoms with Crippen LogP contribution < -0.4 is 4.74 Å². The number of pyridine rings is 1. The molecule has 0 fully saturated rings. The highest BCUT2D eigenvalue weighted by Gasteiger charge is 2.22. The maximum absolute atomic E-state index is 11.2. The molecule has 0 bridgehead atoms. The van der Waals surface area contributed by atoms with Crippen LogP contribution in [-0.2, 0) is 4.79 Å². The molecule has 0 aliphatic rings. The molecule has 7 nitrogen and oxygen atoms in total. The van der Waals surface area contributed by atoms with Gasteiger partial charge in [0.25, 0.3) is 0 Å². The Morgan fingerprint density at radius 3 is 3.00 bits per heavy atom. The summed E-state index contributed by atoms with van der Waals surface area (Å²) in [5.74, 6) is -1.37. The normalized spacial score (nSPS) is 11.9. The van der Waals surface area contributed by atoms with Crippen LogP contribution in [0.5, 0.6) is 5.88 Å². The molecule has 1 N–H and O–H groups in total. The lowest BCUT2D eigenvalue weighted by atomic mass is 10.3. The van der Waals surface area contributed by atoms with Gasteiger partial charge in [0.05, 0.1) is 4.92 Å². The largest absolute Gasteiger partial charge is 0.399 e. The number of aliphatic hydroxyl groups excluding tert-OH is 1. The van der Waals surface area contributed by atoms with Gasteiger partial charge in [-0.2, -0.15) is 0 Å². The van der Waals surface area contributed by atoms with Crippen LogP contribution in [-0.4, -0.2) is 27.1 Å². The van der Waals surface area contributed by atoms with E-state index >= 15 is 0 Å². The predicted molar refractivity (Wildman–Crippen MR) is 52.8 cm³/mol. The summed E-state index contributed by atoms with van der Waals surface area (Å²) in [6.45, 7) is 1.58. The highest BCUT2D eigenvalue weighted by molar-refractivity contribution is 5.77. The maximum Gasteiger partial charge on any atom is 0.341 e. The number of nitro groups is 1. The van der Waals surface area contributed by atoms with Crippen molar-refractivity contribution >= 4 is 11.7 Å². The monoisotopic (exact) mass is 226 g/mol. The second-order valence-corrected chi connectivity index (χ2v) is 2.93. The van der Waals surface area contributed by atoms with E-state index in [0.717, 1.165) is 6.07 Å². The van der Waals surface area contributed by atoms with Gasteiger partial charge in [-0.25, -0.2) is 9.78 Å². The Balaban J connectivity index is 2.89. The number of hydrogen-bond acceptors (Lipinski definition) is 6. The number of esters is 1. The Morgan fingerprint density at radius 1 is 1.75 bits per heavy atom. The lowest BCUT2D eigenvalue weighted by Crippen LogP contribution is -2.25. The molecular weight excluding hydrogens is 216 g/mol. The van der Waals surface area contributed by atoms with E-state index in [1.807, 2.05) is 0 Å². The summed E-state index contributed by atoms with van der Waals surface area (Å²) in [5, 5.41) is 19.7. The van der Waals surface area contributed by atoms with Gasteiger partial charge in [-0.1, -0.05) is 6.92 Å². The van der Waals surface area contributed by atoms with Gasteiger partial charge < -0.3 is 9.84 Å². The van der Waals surface area contributed by atoms with E-state index in [0.29, 0.717) is 0 Å². The minimum Gasteiger partial charge on any atom is -0.399 e. The van der Waals surface area contributed by atoms with Crippen molar-refractivity contribution < 1.29 is 19.6 Å². The summed E-state index contributed by atoms with van der Waals surface area (Å²) in [6.07, 6.45) is 0.120. The van der Waals surface area contributed by atoms with Crippen molar-refractivity contribution in [1.29, 1.82) is 0 Å². The molecule has 1 rings (SSSR count). The smallest absolute Gasteiger partial charge is 0.341 e. The predicted octanol–water partition coefficient (Wildman–Crippen LogP) is 0.666. The van der Waals surface area contributed by atoms with E-state index in [4.69, 9.17) is 5.11 Å². The van der Waals surface area contributed by atoms with Crippen LogP contribution in [0.1, 0.15) is 13.3 Å². The van der Waals surface area contributed by atoms with Crippen molar-refractivity contribution in [1.82, 2.24) is 4.98 Å². The van der Waals surface area contributed by atoms with Crippen molar-refractivity contribution in [3.05, 3.63) is 28.4 Å². The first-order chi connectivity index (χ1) is 7.56. The number of rotatable bonds is 4. The van der Waals surface area contributed by atoms with Gasteiger partial charge in [-0.05, 0) is 12.5 Å². The fourth-order valence-electron chi connectivity index (χ4n) is 0.930. The number of carbonyl (C=O) groups excluding carboxylic acids is 1. The second-order valence-electron chi connectivity index (χ2n) is 2.93. The average Bonchev–Trinajstić information content (AvgIpc) is 2.28. The van der Waals surface area contributed by atoms with Crippen LogP contribution in [0.3, 0.4) is 0 Å². The molecule has 1 heterocycles. The van der Waals surface area contributed by atoms with E-state index < -0.39 is 28.6 Å². The molecule has 86 valence electrons. The van der Waals surface area contributed by atoms with Crippen LogP contribution in [0, 0.1) is 10.1 Å². The minimum atomic E-state index is -1.30. The molecule has 0 aliphatic heterocycles. The summed E-state index contributed by atoms with van der Waals surface area (Å²) in [4.78, 5) is 24.6. The summed E-state index contributed by atoms with van der Waals surface area (Å²) in [7, 11) is 0. The maximum atomic E-state index is 11.2. The van der Waals surface area contributed by atoms with Crippen molar-refractivity contribution in [3.63, 3.8) is 0 Å². The fraction of sp³-hybridized carbons (Fsp3) is 0.333. The van der Waals surface area contributed by atoms with Crippen LogP contribution in [0.25, 0.3) is 0 Å². The van der Waals surface area contributed by atoms with Gasteiger partial charge >= 0.3 is 17.5 Å². The van der Waals surface area contributed by atoms with Crippen LogP contribution in [0.15, 0.2) is 18.3 Å². The third kappa shape index (κ3) is 2.74. The molecule has 0 amide bonds. The molecule has 16 heavy (non-hydrogen) atoms. The average molecular weight is 226 g/mol. The molecule has 0 saturated heterocycles. The Labute approximate surface area is 90.8 Å². The number of ether oxygens (including phenoxy) is 1. The molecule has 0 radical (unpaired) electrons. The SMILES string of the molecule is CCC(O)C(=O)Oc1ncccc1[N+](=O)[O-]. The van der Waals surface area contributed by atoms with Gasteiger partial charge in [-0.15, -0.1) is 0 Å². The van der Waals surface area contributed by atoms with E-state index in [1.54, 1.807) is 6.92 Å². The minimum absolute atomic E-state index is 0.166. The van der Waals surface area contributed by atoms with Crippen molar-refractivity contribution in [2.45, 2.75) is 19.4 Å². The molecular formula is C9H10N2O5. The zero-order valence-corrected chi connectivity index (χ0v) is 8.49. The lowest BCUT2D eigenvalue weighted by molar-refractivity contribution is -0.386. The van der Waals surface area contributed by atoms with Crippen molar-refractivity contribution in [2.24, 2.45) is 0 Å².